The first-order valence-electron chi connectivity index (χ1n) is 11.2. The fraction of sp³-hybridized carbons (Fsp3) is 0.714. The number of carboxylic acid groups (broad SMARTS) is 1. The fourth-order valence-corrected chi connectivity index (χ4v) is 3.44. The van der Waals surface area contributed by atoms with Crippen molar-refractivity contribution in [3.8, 4) is 0 Å². The van der Waals surface area contributed by atoms with Crippen LogP contribution in [0.5, 0.6) is 0 Å². The van der Waals surface area contributed by atoms with Crippen molar-refractivity contribution in [3.05, 3.63) is 0 Å². The molecule has 1 aliphatic rings. The van der Waals surface area contributed by atoms with Crippen molar-refractivity contribution in [1.82, 2.24) is 21.3 Å². The van der Waals surface area contributed by atoms with Crippen molar-refractivity contribution < 1.29 is 29.1 Å². The van der Waals surface area contributed by atoms with Crippen molar-refractivity contribution in [2.24, 2.45) is 29.2 Å². The summed E-state index contributed by atoms with van der Waals surface area (Å²) in [5, 5.41) is 24.9. The lowest BCUT2D eigenvalue weighted by Gasteiger charge is -2.39. The third kappa shape index (κ3) is 11.7. The van der Waals surface area contributed by atoms with E-state index >= 15 is 0 Å². The van der Waals surface area contributed by atoms with Gasteiger partial charge in [0.2, 0.25) is 17.7 Å². The van der Waals surface area contributed by atoms with E-state index in [1.807, 2.05) is 6.92 Å². The number of hydrogen-bond acceptors (Lipinski definition) is 8. The molecule has 10 N–H and O–H groups in total. The van der Waals surface area contributed by atoms with Crippen LogP contribution in [0, 0.1) is 23.2 Å². The monoisotopic (exact) mass is 485 g/mol. The summed E-state index contributed by atoms with van der Waals surface area (Å²) >= 11 is 0. The molecule has 13 heteroatoms. The standard InChI is InChI=1S/C20H35N5O6.CH4N2/c1-11-7-13(12(11)2)16(26)9-23-20(31)15(8-18(28)29)25-17(27)10-24-19(30)14(21)5-4-6-22-3;2-1-3/h11-15,22H,4-10,21H2,1-3H3,(H,23,31)(H,24,30)(H,25,27)(H,28,29);1H,(H3,2,3). The van der Waals surface area contributed by atoms with Gasteiger partial charge in [0.15, 0.2) is 5.78 Å². The number of rotatable bonds is 14. The zero-order valence-electron chi connectivity index (χ0n) is 20.1. The number of hydrogen-bond donors (Lipinski definition) is 8. The first-order valence-corrected chi connectivity index (χ1v) is 11.2. The Balaban J connectivity index is 0.00000343. The third-order valence-corrected chi connectivity index (χ3v) is 5.74. The number of amides is 3. The lowest BCUT2D eigenvalue weighted by atomic mass is 9.65. The van der Waals surface area contributed by atoms with Crippen LogP contribution in [0.4, 0.5) is 0 Å². The van der Waals surface area contributed by atoms with Crippen LogP contribution in [0.15, 0.2) is 0 Å². The first kappa shape index (κ1) is 30.9. The number of nitrogens with two attached hydrogens (primary N) is 2. The molecular formula is C21H39N7O6. The zero-order valence-corrected chi connectivity index (χ0v) is 20.1. The highest BCUT2D eigenvalue weighted by molar-refractivity contribution is 5.95. The molecular weight excluding hydrogens is 446 g/mol. The Morgan fingerprint density at radius 1 is 1.12 bits per heavy atom. The summed E-state index contributed by atoms with van der Waals surface area (Å²) in [7, 11) is 1.78. The molecule has 0 spiro atoms. The van der Waals surface area contributed by atoms with Gasteiger partial charge >= 0.3 is 5.97 Å². The summed E-state index contributed by atoms with van der Waals surface area (Å²) in [6, 6.07) is -2.14. The van der Waals surface area contributed by atoms with Crippen molar-refractivity contribution in [2.75, 3.05) is 26.7 Å². The van der Waals surface area contributed by atoms with E-state index in [0.717, 1.165) is 12.8 Å². The van der Waals surface area contributed by atoms with E-state index in [0.29, 0.717) is 25.3 Å². The summed E-state index contributed by atoms with van der Waals surface area (Å²) in [6.07, 6.45) is 1.99. The average molecular weight is 486 g/mol. The molecule has 1 rings (SSSR count). The molecule has 0 radical (unpaired) electrons. The molecule has 0 aromatic heterocycles. The second-order valence-electron chi connectivity index (χ2n) is 8.32. The van der Waals surface area contributed by atoms with E-state index in [-0.39, 0.29) is 24.2 Å². The van der Waals surface area contributed by atoms with Crippen LogP contribution in [0.1, 0.15) is 39.5 Å². The van der Waals surface area contributed by atoms with Gasteiger partial charge in [0, 0.05) is 5.92 Å². The SMILES string of the molecule is CNCCCC(N)C(=O)NCC(=O)NC(CC(=O)O)C(=O)NCC(=O)C1CC(C)C1C.N=CN. The van der Waals surface area contributed by atoms with Gasteiger partial charge in [-0.15, -0.1) is 0 Å². The van der Waals surface area contributed by atoms with Crippen molar-refractivity contribution in [1.29, 1.82) is 5.41 Å². The highest BCUT2D eigenvalue weighted by atomic mass is 16.4. The van der Waals surface area contributed by atoms with Crippen molar-refractivity contribution in [3.63, 3.8) is 0 Å². The molecule has 0 aliphatic heterocycles. The van der Waals surface area contributed by atoms with E-state index in [4.69, 9.17) is 16.2 Å². The van der Waals surface area contributed by atoms with Gasteiger partial charge in [-0.3, -0.25) is 29.4 Å². The van der Waals surface area contributed by atoms with Crippen LogP contribution in [-0.2, 0) is 24.0 Å². The Bertz CT molecular complexity index is 718. The van der Waals surface area contributed by atoms with Gasteiger partial charge in [-0.1, -0.05) is 13.8 Å². The maximum atomic E-state index is 12.3. The highest BCUT2D eigenvalue weighted by Crippen LogP contribution is 2.39. The van der Waals surface area contributed by atoms with E-state index in [1.54, 1.807) is 7.05 Å². The predicted molar refractivity (Wildman–Crippen MR) is 126 cm³/mol. The van der Waals surface area contributed by atoms with Crippen LogP contribution < -0.4 is 32.7 Å². The average Bonchev–Trinajstić information content (AvgIpc) is 2.78. The van der Waals surface area contributed by atoms with Crippen LogP contribution >= 0.6 is 0 Å². The van der Waals surface area contributed by atoms with Crippen molar-refractivity contribution in [2.45, 2.75) is 51.6 Å². The quantitative estimate of drug-likeness (QED) is 0.0765. The molecule has 0 bridgehead atoms. The van der Waals surface area contributed by atoms with Gasteiger partial charge < -0.3 is 37.8 Å². The number of Topliss-reactive ketones (excluding diaryl/α,β-unsaturated/α-hetero) is 1. The van der Waals surface area contributed by atoms with Crippen LogP contribution in [-0.4, -0.2) is 79.7 Å². The molecule has 3 amide bonds. The summed E-state index contributed by atoms with van der Waals surface area (Å²) < 4.78 is 0. The lowest BCUT2D eigenvalue weighted by molar-refractivity contribution is -0.141. The first-order chi connectivity index (χ1) is 16.0. The Morgan fingerprint density at radius 2 is 1.71 bits per heavy atom. The van der Waals surface area contributed by atoms with E-state index in [2.05, 4.69) is 33.9 Å². The topological polar surface area (TPSA) is 230 Å². The van der Waals surface area contributed by atoms with Gasteiger partial charge in [0.1, 0.15) is 6.04 Å². The summed E-state index contributed by atoms with van der Waals surface area (Å²) in [5.41, 5.74) is 10.1. The largest absolute Gasteiger partial charge is 0.481 e. The molecule has 0 heterocycles. The molecule has 34 heavy (non-hydrogen) atoms. The molecule has 194 valence electrons. The van der Waals surface area contributed by atoms with Crippen LogP contribution in [0.25, 0.3) is 0 Å². The molecule has 0 aromatic rings. The maximum absolute atomic E-state index is 12.3. The Morgan fingerprint density at radius 3 is 2.21 bits per heavy atom. The zero-order chi connectivity index (χ0) is 26.3. The molecule has 1 fully saturated rings. The predicted octanol–water partition coefficient (Wildman–Crippen LogP) is -2.08. The van der Waals surface area contributed by atoms with Crippen LogP contribution in [0.3, 0.4) is 0 Å². The summed E-state index contributed by atoms with van der Waals surface area (Å²) in [4.78, 5) is 59.6. The fourth-order valence-electron chi connectivity index (χ4n) is 3.44. The normalized spacial score (nSPS) is 20.3. The molecule has 5 unspecified atom stereocenters. The van der Waals surface area contributed by atoms with Gasteiger partial charge in [-0.05, 0) is 44.7 Å². The number of carbonyl (C=O) groups is 5. The summed E-state index contributed by atoms with van der Waals surface area (Å²) in [6.45, 7) is 4.07. The Kier molecular flexibility index (Phi) is 15.0. The molecule has 1 aliphatic carbocycles. The highest BCUT2D eigenvalue weighted by Gasteiger charge is 2.39. The minimum absolute atomic E-state index is 0.112. The minimum Gasteiger partial charge on any atom is -0.481 e. The van der Waals surface area contributed by atoms with E-state index in [1.165, 1.54) is 0 Å². The molecule has 0 saturated heterocycles. The molecule has 5 atom stereocenters. The van der Waals surface area contributed by atoms with Gasteiger partial charge in [-0.2, -0.15) is 0 Å². The number of carboxylic acids is 1. The molecule has 1 saturated carbocycles. The lowest BCUT2D eigenvalue weighted by Crippen LogP contribution is -2.53. The number of aliphatic carboxylic acids is 1. The second-order valence-corrected chi connectivity index (χ2v) is 8.32. The van der Waals surface area contributed by atoms with Crippen LogP contribution in [0.2, 0.25) is 0 Å². The van der Waals surface area contributed by atoms with E-state index < -0.39 is 48.7 Å². The molecule has 13 nitrogen and oxygen atoms in total. The molecule has 0 aromatic carbocycles. The number of carbonyl (C=O) groups excluding carboxylic acids is 4. The Hall–Kier alpha value is -3.06. The van der Waals surface area contributed by atoms with Gasteiger partial charge in [0.25, 0.3) is 0 Å². The van der Waals surface area contributed by atoms with Gasteiger partial charge in [0.05, 0.1) is 31.9 Å². The second kappa shape index (κ2) is 16.5. The minimum atomic E-state index is -1.36. The van der Waals surface area contributed by atoms with E-state index in [9.17, 15) is 24.0 Å². The smallest absolute Gasteiger partial charge is 0.305 e. The number of ketones is 1. The third-order valence-electron chi connectivity index (χ3n) is 5.74. The Labute approximate surface area is 199 Å². The summed E-state index contributed by atoms with van der Waals surface area (Å²) in [5.74, 6) is -2.83. The van der Waals surface area contributed by atoms with Crippen molar-refractivity contribution >= 4 is 35.8 Å². The van der Waals surface area contributed by atoms with Gasteiger partial charge in [-0.25, -0.2) is 0 Å². The maximum Gasteiger partial charge on any atom is 0.305 e. The number of nitrogens with one attached hydrogen (secondary N) is 5.